The van der Waals surface area contributed by atoms with Crippen molar-refractivity contribution in [1.82, 2.24) is 9.13 Å². The van der Waals surface area contributed by atoms with Gasteiger partial charge in [0.25, 0.3) is 0 Å². The molecule has 0 aliphatic rings. The first-order valence-electron chi connectivity index (χ1n) is 18.8. The Morgan fingerprint density at radius 1 is 0.291 bits per heavy atom. The summed E-state index contributed by atoms with van der Waals surface area (Å²) < 4.78 is 11.0. The monoisotopic (exact) mass is 700 g/mol. The van der Waals surface area contributed by atoms with Crippen LogP contribution in [0, 0.1) is 0 Å². The largest absolute Gasteiger partial charge is 0.456 e. The van der Waals surface area contributed by atoms with Gasteiger partial charge in [-0.25, -0.2) is 0 Å². The van der Waals surface area contributed by atoms with Crippen molar-refractivity contribution in [2.24, 2.45) is 0 Å². The summed E-state index contributed by atoms with van der Waals surface area (Å²) in [7, 11) is 0. The Kier molecular flexibility index (Phi) is 6.34. The number of hydrogen-bond acceptors (Lipinski definition) is 1. The van der Waals surface area contributed by atoms with Crippen LogP contribution in [0.3, 0.4) is 0 Å². The van der Waals surface area contributed by atoms with Crippen LogP contribution in [-0.4, -0.2) is 9.13 Å². The van der Waals surface area contributed by atoms with E-state index in [1.165, 1.54) is 82.3 Å². The molecule has 55 heavy (non-hydrogen) atoms. The normalized spacial score (nSPS) is 12.0. The molecule has 0 fully saturated rings. The fourth-order valence-corrected chi connectivity index (χ4v) is 8.97. The van der Waals surface area contributed by atoms with Crippen molar-refractivity contribution >= 4 is 76.3 Å². The van der Waals surface area contributed by atoms with E-state index < -0.39 is 0 Å². The first kappa shape index (κ1) is 30.1. The zero-order chi connectivity index (χ0) is 36.0. The smallest absolute Gasteiger partial charge is 0.135 e. The minimum absolute atomic E-state index is 0.911. The van der Waals surface area contributed by atoms with Crippen LogP contribution in [0.5, 0.6) is 0 Å². The number of rotatable bonds is 4. The van der Waals surface area contributed by atoms with Gasteiger partial charge in [-0.3, -0.25) is 0 Å². The second-order valence-electron chi connectivity index (χ2n) is 14.5. The van der Waals surface area contributed by atoms with E-state index in [1.807, 2.05) is 12.1 Å². The molecule has 256 valence electrons. The molecule has 3 nitrogen and oxygen atoms in total. The number of benzene rings is 9. The second kappa shape index (κ2) is 11.6. The Hall–Kier alpha value is -7.36. The van der Waals surface area contributed by atoms with Gasteiger partial charge in [-0.1, -0.05) is 121 Å². The lowest BCUT2D eigenvalue weighted by molar-refractivity contribution is 0.669. The molecule has 0 atom stereocenters. The summed E-state index contributed by atoms with van der Waals surface area (Å²) in [4.78, 5) is 0. The summed E-state index contributed by atoms with van der Waals surface area (Å²) in [5.74, 6) is 0. The molecule has 0 N–H and O–H groups in total. The molecule has 0 spiro atoms. The first-order chi connectivity index (χ1) is 27.3. The van der Waals surface area contributed by atoms with E-state index >= 15 is 0 Å². The molecule has 12 rings (SSSR count). The zero-order valence-corrected chi connectivity index (χ0v) is 29.8. The van der Waals surface area contributed by atoms with Crippen LogP contribution in [0.4, 0.5) is 0 Å². The SMILES string of the molecule is c1ccc(-n2c3ccc(-c4ccc5c(c4)c4ccccc4n5-c4cccc(-c5ccc6oc7ccccc7c6c5)c4)cc3c3ccc4ccccc4c32)cc1. The minimum Gasteiger partial charge on any atom is -0.456 e. The van der Waals surface area contributed by atoms with Crippen molar-refractivity contribution in [2.45, 2.75) is 0 Å². The Balaban J connectivity index is 1.02. The fourth-order valence-electron chi connectivity index (χ4n) is 8.97. The lowest BCUT2D eigenvalue weighted by atomic mass is 10.00. The van der Waals surface area contributed by atoms with Crippen molar-refractivity contribution in [2.75, 3.05) is 0 Å². The van der Waals surface area contributed by atoms with Crippen LogP contribution in [0.1, 0.15) is 0 Å². The average molecular weight is 701 g/mol. The van der Waals surface area contributed by atoms with Crippen molar-refractivity contribution in [3.05, 3.63) is 194 Å². The van der Waals surface area contributed by atoms with Gasteiger partial charge in [0.15, 0.2) is 0 Å². The molecule has 0 aliphatic carbocycles. The average Bonchev–Trinajstić information content (AvgIpc) is 3.91. The molecule has 3 heterocycles. The molecule has 12 aromatic rings. The van der Waals surface area contributed by atoms with Crippen LogP contribution in [-0.2, 0) is 0 Å². The molecule has 0 amide bonds. The molecule has 0 unspecified atom stereocenters. The lowest BCUT2D eigenvalue weighted by Gasteiger charge is -2.11. The lowest BCUT2D eigenvalue weighted by Crippen LogP contribution is -1.94. The topological polar surface area (TPSA) is 23.0 Å². The molecule has 3 aromatic heterocycles. The van der Waals surface area contributed by atoms with Gasteiger partial charge < -0.3 is 13.6 Å². The molecule has 0 aliphatic heterocycles. The molecule has 3 heteroatoms. The summed E-state index contributed by atoms with van der Waals surface area (Å²) >= 11 is 0. The summed E-state index contributed by atoms with van der Waals surface area (Å²) in [6.45, 7) is 0. The van der Waals surface area contributed by atoms with E-state index in [9.17, 15) is 0 Å². The molecule has 0 saturated heterocycles. The van der Waals surface area contributed by atoms with Crippen molar-refractivity contribution in [3.63, 3.8) is 0 Å². The maximum atomic E-state index is 6.13. The molecule has 0 radical (unpaired) electrons. The van der Waals surface area contributed by atoms with Crippen LogP contribution in [0.25, 0.3) is 110 Å². The van der Waals surface area contributed by atoms with Crippen LogP contribution >= 0.6 is 0 Å². The maximum Gasteiger partial charge on any atom is 0.135 e. The van der Waals surface area contributed by atoms with E-state index in [4.69, 9.17) is 4.42 Å². The van der Waals surface area contributed by atoms with E-state index in [0.29, 0.717) is 0 Å². The Labute approximate surface area is 316 Å². The number of aromatic nitrogens is 2. The van der Waals surface area contributed by atoms with Crippen molar-refractivity contribution < 1.29 is 4.42 Å². The Bertz CT molecular complexity index is 3490. The number of fused-ring (bicyclic) bond motifs is 11. The highest BCUT2D eigenvalue weighted by molar-refractivity contribution is 6.19. The second-order valence-corrected chi connectivity index (χ2v) is 14.5. The maximum absolute atomic E-state index is 6.13. The number of para-hydroxylation sites is 3. The zero-order valence-electron chi connectivity index (χ0n) is 29.8. The molecule has 0 bridgehead atoms. The number of hydrogen-bond donors (Lipinski definition) is 0. The first-order valence-corrected chi connectivity index (χ1v) is 18.8. The highest BCUT2D eigenvalue weighted by Crippen LogP contribution is 2.41. The van der Waals surface area contributed by atoms with Crippen molar-refractivity contribution in [1.29, 1.82) is 0 Å². The summed E-state index contributed by atoms with van der Waals surface area (Å²) in [6.07, 6.45) is 0. The highest BCUT2D eigenvalue weighted by Gasteiger charge is 2.18. The number of furan rings is 1. The van der Waals surface area contributed by atoms with Gasteiger partial charge in [-0.2, -0.15) is 0 Å². The van der Waals surface area contributed by atoms with Gasteiger partial charge in [-0.15, -0.1) is 0 Å². The van der Waals surface area contributed by atoms with Crippen LogP contribution in [0.2, 0.25) is 0 Å². The summed E-state index contributed by atoms with van der Waals surface area (Å²) in [5.41, 5.74) is 13.7. The van der Waals surface area contributed by atoms with E-state index in [1.54, 1.807) is 0 Å². The molecule has 0 saturated carbocycles. The minimum atomic E-state index is 0.911. The van der Waals surface area contributed by atoms with E-state index in [0.717, 1.165) is 27.6 Å². The third-order valence-corrected chi connectivity index (χ3v) is 11.5. The predicted molar refractivity (Wildman–Crippen MR) is 231 cm³/mol. The van der Waals surface area contributed by atoms with E-state index in [2.05, 4.69) is 191 Å². The van der Waals surface area contributed by atoms with Crippen LogP contribution < -0.4 is 0 Å². The quantitative estimate of drug-likeness (QED) is 0.179. The fraction of sp³-hybridized carbons (Fsp3) is 0. The molecular formula is C52H32N2O. The van der Waals surface area contributed by atoms with Gasteiger partial charge in [0.2, 0.25) is 0 Å². The molecule has 9 aromatic carbocycles. The van der Waals surface area contributed by atoms with Crippen LogP contribution in [0.15, 0.2) is 199 Å². The van der Waals surface area contributed by atoms with Gasteiger partial charge in [0.1, 0.15) is 11.2 Å². The highest BCUT2D eigenvalue weighted by atomic mass is 16.3. The third kappa shape index (κ3) is 4.50. The van der Waals surface area contributed by atoms with Gasteiger partial charge in [-0.05, 0) is 100 Å². The standard InChI is InChI=1S/C52H32N2O/c1-2-13-38(14-3-1)54-49-27-23-36(31-45(49)43-25-21-33-11-4-5-16-40(33)52(43)54)35-22-26-48-44(30-35)41-17-6-8-19-47(41)53(48)39-15-10-12-34(29-39)37-24-28-51-46(32-37)42-18-7-9-20-50(42)55-51/h1-32H. The van der Waals surface area contributed by atoms with Gasteiger partial charge >= 0.3 is 0 Å². The van der Waals surface area contributed by atoms with E-state index in [-0.39, 0.29) is 0 Å². The summed E-state index contributed by atoms with van der Waals surface area (Å²) in [6, 6.07) is 70.4. The number of nitrogens with zero attached hydrogens (tertiary/aromatic N) is 2. The van der Waals surface area contributed by atoms with Gasteiger partial charge in [0, 0.05) is 49.1 Å². The predicted octanol–water partition coefficient (Wildman–Crippen LogP) is 14.3. The third-order valence-electron chi connectivity index (χ3n) is 11.5. The van der Waals surface area contributed by atoms with Gasteiger partial charge in [0.05, 0.1) is 22.1 Å². The summed E-state index contributed by atoms with van der Waals surface area (Å²) in [5, 5.41) is 9.78. The Morgan fingerprint density at radius 2 is 0.873 bits per heavy atom. The molecular weight excluding hydrogens is 669 g/mol. The van der Waals surface area contributed by atoms with Crippen molar-refractivity contribution in [3.8, 4) is 33.6 Å². The Morgan fingerprint density at radius 3 is 1.71 bits per heavy atom.